The van der Waals surface area contributed by atoms with Crippen molar-refractivity contribution in [2.24, 2.45) is 0 Å². The first-order valence-corrected chi connectivity index (χ1v) is 13.1. The Bertz CT molecular complexity index is 912. The van der Waals surface area contributed by atoms with Gasteiger partial charge in [-0.1, -0.05) is 58.4 Å². The van der Waals surface area contributed by atoms with Crippen LogP contribution in [0.4, 0.5) is 0 Å². The van der Waals surface area contributed by atoms with Crippen molar-refractivity contribution in [3.05, 3.63) is 47.9 Å². The number of ether oxygens (including phenoxy) is 2. The zero-order chi connectivity index (χ0) is 24.9. The molecule has 0 saturated carbocycles. The predicted octanol–water partition coefficient (Wildman–Crippen LogP) is 5.92. The minimum atomic E-state index is -0.0968. The summed E-state index contributed by atoms with van der Waals surface area (Å²) < 4.78 is 16.4. The molecule has 7 nitrogen and oxygen atoms in total. The van der Waals surface area contributed by atoms with Gasteiger partial charge in [-0.15, -0.1) is 0 Å². The largest absolute Gasteiger partial charge is 0.467 e. The summed E-state index contributed by atoms with van der Waals surface area (Å²) in [6, 6.07) is 9.37. The van der Waals surface area contributed by atoms with E-state index in [0.29, 0.717) is 43.3 Å². The Balaban J connectivity index is 1.58. The van der Waals surface area contributed by atoms with Gasteiger partial charge in [0.2, 0.25) is 18.6 Å². The highest BCUT2D eigenvalue weighted by molar-refractivity contribution is 5.84. The van der Waals surface area contributed by atoms with Gasteiger partial charge in [-0.3, -0.25) is 9.59 Å². The van der Waals surface area contributed by atoms with Crippen LogP contribution in [-0.2, 0) is 22.7 Å². The summed E-state index contributed by atoms with van der Waals surface area (Å²) in [5.74, 6) is 2.07. The Kier molecular flexibility index (Phi) is 11.0. The van der Waals surface area contributed by atoms with Gasteiger partial charge < -0.3 is 23.7 Å². The molecule has 0 bridgehead atoms. The zero-order valence-electron chi connectivity index (χ0n) is 21.3. The number of rotatable bonds is 16. The lowest BCUT2D eigenvalue weighted by atomic mass is 10.1. The highest BCUT2D eigenvalue weighted by atomic mass is 16.7. The van der Waals surface area contributed by atoms with Crippen LogP contribution in [-0.4, -0.2) is 41.5 Å². The molecule has 2 amide bonds. The number of hydrogen-bond acceptors (Lipinski definition) is 5. The molecule has 1 aliphatic rings. The maximum Gasteiger partial charge on any atom is 0.242 e. The summed E-state index contributed by atoms with van der Waals surface area (Å²) in [7, 11) is 0. The van der Waals surface area contributed by atoms with Gasteiger partial charge in [0.25, 0.3) is 0 Å². The molecule has 0 spiro atoms. The van der Waals surface area contributed by atoms with Crippen LogP contribution in [0.2, 0.25) is 0 Å². The first-order chi connectivity index (χ1) is 17.1. The molecule has 7 heteroatoms. The van der Waals surface area contributed by atoms with Crippen molar-refractivity contribution < 1.29 is 23.5 Å². The number of hydrogen-bond donors (Lipinski definition) is 0. The van der Waals surface area contributed by atoms with E-state index in [1.807, 2.05) is 37.3 Å². The number of carbonyl (C=O) groups is 2. The Morgan fingerprint density at radius 2 is 1.60 bits per heavy atom. The molecule has 2 heterocycles. The molecule has 0 aliphatic carbocycles. The van der Waals surface area contributed by atoms with E-state index in [1.165, 1.54) is 32.1 Å². The fourth-order valence-corrected chi connectivity index (χ4v) is 4.30. The Hall–Kier alpha value is -2.96. The summed E-state index contributed by atoms with van der Waals surface area (Å²) in [6.07, 6.45) is 11.1. The van der Waals surface area contributed by atoms with E-state index in [2.05, 4.69) is 6.92 Å². The van der Waals surface area contributed by atoms with Crippen LogP contribution in [0.3, 0.4) is 0 Å². The first-order valence-electron chi connectivity index (χ1n) is 13.1. The molecule has 0 atom stereocenters. The number of unbranched alkanes of at least 4 members (excludes halogenated alkanes) is 6. The minimum absolute atomic E-state index is 0.0646. The topological polar surface area (TPSA) is 72.2 Å². The van der Waals surface area contributed by atoms with E-state index in [4.69, 9.17) is 13.9 Å². The lowest BCUT2D eigenvalue weighted by Crippen LogP contribution is -2.42. The van der Waals surface area contributed by atoms with Gasteiger partial charge >= 0.3 is 0 Å². The van der Waals surface area contributed by atoms with Crippen molar-refractivity contribution in [1.29, 1.82) is 0 Å². The van der Waals surface area contributed by atoms with Crippen molar-refractivity contribution in [3.63, 3.8) is 0 Å². The molecule has 0 radical (unpaired) electrons. The summed E-state index contributed by atoms with van der Waals surface area (Å²) in [5.41, 5.74) is 0.936. The average Bonchev–Trinajstić information content (AvgIpc) is 3.54. The summed E-state index contributed by atoms with van der Waals surface area (Å²) in [5, 5.41) is 0. The van der Waals surface area contributed by atoms with Crippen LogP contribution in [0.1, 0.15) is 83.0 Å². The fourth-order valence-electron chi connectivity index (χ4n) is 4.30. The average molecular weight is 485 g/mol. The van der Waals surface area contributed by atoms with Gasteiger partial charge in [0.15, 0.2) is 11.5 Å². The number of fused-ring (bicyclic) bond motifs is 1. The quantitative estimate of drug-likeness (QED) is 0.277. The van der Waals surface area contributed by atoms with Gasteiger partial charge in [0.1, 0.15) is 5.76 Å². The summed E-state index contributed by atoms with van der Waals surface area (Å²) in [6.45, 7) is 5.85. The third kappa shape index (κ3) is 8.64. The molecular weight excluding hydrogens is 444 g/mol. The van der Waals surface area contributed by atoms with Crippen LogP contribution in [0, 0.1) is 0 Å². The highest BCUT2D eigenvalue weighted by Gasteiger charge is 2.23. The molecule has 35 heavy (non-hydrogen) atoms. The molecule has 1 aliphatic heterocycles. The van der Waals surface area contributed by atoms with Crippen LogP contribution in [0.25, 0.3) is 0 Å². The molecule has 0 N–H and O–H groups in total. The normalized spacial score (nSPS) is 12.1. The minimum Gasteiger partial charge on any atom is -0.467 e. The highest BCUT2D eigenvalue weighted by Crippen LogP contribution is 2.33. The number of carbonyl (C=O) groups excluding carboxylic acids is 2. The van der Waals surface area contributed by atoms with E-state index in [-0.39, 0.29) is 25.2 Å². The van der Waals surface area contributed by atoms with E-state index in [1.54, 1.807) is 16.1 Å². The lowest BCUT2D eigenvalue weighted by molar-refractivity contribution is -0.141. The summed E-state index contributed by atoms with van der Waals surface area (Å²) >= 11 is 0. The Morgan fingerprint density at radius 3 is 2.34 bits per heavy atom. The van der Waals surface area contributed by atoms with Crippen LogP contribution < -0.4 is 9.47 Å². The van der Waals surface area contributed by atoms with E-state index < -0.39 is 0 Å². The van der Waals surface area contributed by atoms with Crippen LogP contribution in [0.5, 0.6) is 11.5 Å². The molecule has 2 aromatic rings. The smallest absolute Gasteiger partial charge is 0.242 e. The first kappa shape index (κ1) is 26.6. The third-order valence-electron chi connectivity index (χ3n) is 6.26. The fraction of sp³-hybridized carbons (Fsp3) is 0.571. The van der Waals surface area contributed by atoms with E-state index in [0.717, 1.165) is 24.8 Å². The van der Waals surface area contributed by atoms with Crippen LogP contribution in [0.15, 0.2) is 41.0 Å². The predicted molar refractivity (Wildman–Crippen MR) is 135 cm³/mol. The maximum atomic E-state index is 13.4. The van der Waals surface area contributed by atoms with Crippen LogP contribution >= 0.6 is 0 Å². The molecule has 0 unspecified atom stereocenters. The summed E-state index contributed by atoms with van der Waals surface area (Å²) in [4.78, 5) is 29.8. The Labute approximate surface area is 209 Å². The maximum absolute atomic E-state index is 13.4. The van der Waals surface area contributed by atoms with E-state index in [9.17, 15) is 9.59 Å². The van der Waals surface area contributed by atoms with Crippen molar-refractivity contribution >= 4 is 11.8 Å². The number of nitrogens with zero attached hydrogens (tertiary/aromatic N) is 2. The molecule has 3 rings (SSSR count). The standard InChI is InChI=1S/C28H40N2O5/c1-3-5-6-7-8-9-10-13-27(31)29(16-4-2)21-28(32)30(20-24-12-11-17-33-24)19-23-14-15-25-26(18-23)35-22-34-25/h11-12,14-15,17-18H,3-10,13,16,19-22H2,1-2H3. The van der Waals surface area contributed by atoms with Crippen molar-refractivity contribution in [1.82, 2.24) is 9.80 Å². The van der Waals surface area contributed by atoms with Gasteiger partial charge in [0.05, 0.1) is 19.4 Å². The molecule has 0 saturated heterocycles. The number of benzene rings is 1. The lowest BCUT2D eigenvalue weighted by Gasteiger charge is -2.27. The molecule has 1 aromatic heterocycles. The monoisotopic (exact) mass is 484 g/mol. The van der Waals surface area contributed by atoms with Crippen molar-refractivity contribution in [2.45, 2.75) is 84.7 Å². The SMILES string of the molecule is CCCCCCCCCC(=O)N(CCC)CC(=O)N(Cc1ccc2c(c1)OCO2)Cc1ccco1. The number of amides is 2. The van der Waals surface area contributed by atoms with Crippen molar-refractivity contribution in [2.75, 3.05) is 19.9 Å². The second-order valence-corrected chi connectivity index (χ2v) is 9.20. The zero-order valence-corrected chi connectivity index (χ0v) is 21.3. The van der Waals surface area contributed by atoms with Gasteiger partial charge in [0, 0.05) is 19.5 Å². The van der Waals surface area contributed by atoms with Crippen molar-refractivity contribution in [3.8, 4) is 11.5 Å². The molecule has 1 aromatic carbocycles. The van der Waals surface area contributed by atoms with Gasteiger partial charge in [-0.25, -0.2) is 0 Å². The molecule has 0 fully saturated rings. The second-order valence-electron chi connectivity index (χ2n) is 9.20. The number of furan rings is 1. The van der Waals surface area contributed by atoms with Gasteiger partial charge in [-0.2, -0.15) is 0 Å². The van der Waals surface area contributed by atoms with E-state index >= 15 is 0 Å². The Morgan fingerprint density at radius 1 is 0.829 bits per heavy atom. The third-order valence-corrected chi connectivity index (χ3v) is 6.26. The van der Waals surface area contributed by atoms with Gasteiger partial charge in [-0.05, 0) is 42.7 Å². The second kappa shape index (κ2) is 14.4. The molecule has 192 valence electrons. The molecular formula is C28H40N2O5.